The molecule has 0 spiro atoms. The predicted molar refractivity (Wildman–Crippen MR) is 85.4 cm³/mol. The van der Waals surface area contributed by atoms with Crippen LogP contribution in [0.25, 0.3) is 0 Å². The molecule has 6 heteroatoms. The summed E-state index contributed by atoms with van der Waals surface area (Å²) in [5.74, 6) is 1.04. The van der Waals surface area contributed by atoms with E-state index in [2.05, 4.69) is 26.2 Å². The summed E-state index contributed by atoms with van der Waals surface area (Å²) in [5, 5.41) is 3.35. The fourth-order valence-corrected chi connectivity index (χ4v) is 2.35. The number of thiocarbonyl (C=S) groups is 1. The first-order chi connectivity index (χ1) is 9.08. The van der Waals surface area contributed by atoms with Gasteiger partial charge in [-0.3, -0.25) is 0 Å². The number of aryl methyl sites for hydroxylation is 1. The Bertz CT molecular complexity index is 594. The summed E-state index contributed by atoms with van der Waals surface area (Å²) in [7, 11) is 1.99. The Labute approximate surface area is 126 Å². The number of nitrogens with zero attached hydrogens (tertiary/aromatic N) is 2. The number of halogens is 1. The maximum Gasteiger partial charge on any atom is 0.110 e. The van der Waals surface area contributed by atoms with Gasteiger partial charge in [0.15, 0.2) is 0 Å². The van der Waals surface area contributed by atoms with E-state index in [0.717, 1.165) is 34.5 Å². The third kappa shape index (κ3) is 3.54. The van der Waals surface area contributed by atoms with Gasteiger partial charge >= 0.3 is 0 Å². The molecule has 0 saturated carbocycles. The van der Waals surface area contributed by atoms with Crippen molar-refractivity contribution in [3.05, 3.63) is 46.5 Å². The molecule has 1 aromatic carbocycles. The second-order valence-electron chi connectivity index (χ2n) is 4.19. The number of nitrogens with one attached hydrogen (secondary N) is 1. The fraction of sp³-hybridized carbons (Fsp3) is 0.231. The summed E-state index contributed by atoms with van der Waals surface area (Å²) < 4.78 is 2.97. The quantitative estimate of drug-likeness (QED) is 0.822. The van der Waals surface area contributed by atoms with E-state index in [9.17, 15) is 0 Å². The summed E-state index contributed by atoms with van der Waals surface area (Å²) in [4.78, 5) is 4.67. The lowest BCUT2D eigenvalue weighted by atomic mass is 10.1. The lowest BCUT2D eigenvalue weighted by Gasteiger charge is -2.11. The zero-order valence-electron chi connectivity index (χ0n) is 10.6. The molecular weight excluding hydrogens is 324 g/mol. The van der Waals surface area contributed by atoms with E-state index in [0.29, 0.717) is 4.99 Å². The molecule has 4 nitrogen and oxygen atoms in total. The highest BCUT2D eigenvalue weighted by atomic mass is 79.9. The minimum Gasteiger partial charge on any atom is -0.389 e. The minimum atomic E-state index is 0.390. The fourth-order valence-electron chi connectivity index (χ4n) is 1.82. The maximum atomic E-state index is 5.73. The number of hydrogen-bond acceptors (Lipinski definition) is 3. The zero-order chi connectivity index (χ0) is 13.8. The van der Waals surface area contributed by atoms with Gasteiger partial charge in [-0.1, -0.05) is 28.1 Å². The van der Waals surface area contributed by atoms with Crippen molar-refractivity contribution in [1.29, 1.82) is 0 Å². The van der Waals surface area contributed by atoms with Crippen molar-refractivity contribution in [2.45, 2.75) is 6.42 Å². The van der Waals surface area contributed by atoms with Crippen molar-refractivity contribution in [3.63, 3.8) is 0 Å². The number of hydrogen-bond donors (Lipinski definition) is 2. The standard InChI is InChI=1S/C13H15BrN4S/c1-18-7-6-17-12(18)4-5-16-11-3-2-9(14)8-10(11)13(15)19/h2-3,6-8,16H,4-5H2,1H3,(H2,15,19). The van der Waals surface area contributed by atoms with Crippen LogP contribution in [0.1, 0.15) is 11.4 Å². The summed E-state index contributed by atoms with van der Waals surface area (Å²) >= 11 is 8.48. The normalized spacial score (nSPS) is 10.4. The van der Waals surface area contributed by atoms with Crippen LogP contribution in [0.3, 0.4) is 0 Å². The van der Waals surface area contributed by atoms with Gasteiger partial charge < -0.3 is 15.6 Å². The summed E-state index contributed by atoms with van der Waals surface area (Å²) in [6, 6.07) is 5.85. The monoisotopic (exact) mass is 338 g/mol. The Morgan fingerprint density at radius 3 is 2.95 bits per heavy atom. The summed E-state index contributed by atoms with van der Waals surface area (Å²) in [5.41, 5.74) is 7.53. The van der Waals surface area contributed by atoms with Gasteiger partial charge in [0.25, 0.3) is 0 Å². The summed E-state index contributed by atoms with van der Waals surface area (Å²) in [6.07, 6.45) is 4.58. The van der Waals surface area contributed by atoms with E-state index >= 15 is 0 Å². The molecule has 0 aliphatic heterocycles. The molecule has 1 aromatic heterocycles. The minimum absolute atomic E-state index is 0.390. The zero-order valence-corrected chi connectivity index (χ0v) is 13.0. The lowest BCUT2D eigenvalue weighted by molar-refractivity contribution is 0.789. The highest BCUT2D eigenvalue weighted by Crippen LogP contribution is 2.21. The van der Waals surface area contributed by atoms with Crippen molar-refractivity contribution in [3.8, 4) is 0 Å². The van der Waals surface area contributed by atoms with E-state index in [1.54, 1.807) is 6.20 Å². The SMILES string of the molecule is Cn1ccnc1CCNc1ccc(Br)cc1C(N)=S. The average Bonchev–Trinajstić information content (AvgIpc) is 2.77. The number of benzene rings is 1. The molecule has 19 heavy (non-hydrogen) atoms. The number of nitrogens with two attached hydrogens (primary N) is 1. The first kappa shape index (κ1) is 14.0. The van der Waals surface area contributed by atoms with Crippen LogP contribution >= 0.6 is 28.1 Å². The Hall–Kier alpha value is -1.40. The van der Waals surface area contributed by atoms with Crippen molar-refractivity contribution < 1.29 is 0 Å². The van der Waals surface area contributed by atoms with Crippen LogP contribution in [-0.4, -0.2) is 21.1 Å². The first-order valence-electron chi connectivity index (χ1n) is 5.87. The smallest absolute Gasteiger partial charge is 0.110 e. The molecule has 2 aromatic rings. The van der Waals surface area contributed by atoms with Crippen LogP contribution in [-0.2, 0) is 13.5 Å². The van der Waals surface area contributed by atoms with Gasteiger partial charge in [0.1, 0.15) is 10.8 Å². The topological polar surface area (TPSA) is 55.9 Å². The number of imidazole rings is 1. The van der Waals surface area contributed by atoms with Gasteiger partial charge in [0.05, 0.1) is 0 Å². The van der Waals surface area contributed by atoms with Crippen molar-refractivity contribution in [2.75, 3.05) is 11.9 Å². The Kier molecular flexibility index (Phi) is 4.55. The van der Waals surface area contributed by atoms with E-state index in [4.69, 9.17) is 18.0 Å². The molecule has 0 radical (unpaired) electrons. The number of anilines is 1. The molecule has 0 aliphatic carbocycles. The molecule has 100 valence electrons. The van der Waals surface area contributed by atoms with E-state index in [1.165, 1.54) is 0 Å². The maximum absolute atomic E-state index is 5.73. The Balaban J connectivity index is 2.03. The van der Waals surface area contributed by atoms with Crippen LogP contribution in [0.5, 0.6) is 0 Å². The second-order valence-corrected chi connectivity index (χ2v) is 5.54. The largest absolute Gasteiger partial charge is 0.389 e. The Morgan fingerprint density at radius 2 is 2.32 bits per heavy atom. The van der Waals surface area contributed by atoms with Gasteiger partial charge in [-0.15, -0.1) is 0 Å². The first-order valence-corrected chi connectivity index (χ1v) is 7.07. The van der Waals surface area contributed by atoms with Gasteiger partial charge in [0.2, 0.25) is 0 Å². The molecule has 0 bridgehead atoms. The van der Waals surface area contributed by atoms with Crippen LogP contribution < -0.4 is 11.1 Å². The van der Waals surface area contributed by atoms with Gasteiger partial charge in [-0.25, -0.2) is 4.98 Å². The Morgan fingerprint density at radius 1 is 1.53 bits per heavy atom. The third-order valence-corrected chi connectivity index (χ3v) is 3.55. The molecule has 0 saturated heterocycles. The summed E-state index contributed by atoms with van der Waals surface area (Å²) in [6.45, 7) is 0.780. The second kappa shape index (κ2) is 6.16. The van der Waals surface area contributed by atoms with E-state index in [1.807, 2.05) is 36.0 Å². The molecule has 1 heterocycles. The predicted octanol–water partition coefficient (Wildman–Crippen LogP) is 2.47. The molecule has 0 atom stereocenters. The van der Waals surface area contributed by atoms with Crippen LogP contribution in [0.2, 0.25) is 0 Å². The highest BCUT2D eigenvalue weighted by molar-refractivity contribution is 9.10. The number of aromatic nitrogens is 2. The molecule has 2 rings (SSSR count). The van der Waals surface area contributed by atoms with Crippen LogP contribution in [0.15, 0.2) is 35.1 Å². The van der Waals surface area contributed by atoms with Gasteiger partial charge in [-0.2, -0.15) is 0 Å². The van der Waals surface area contributed by atoms with E-state index in [-0.39, 0.29) is 0 Å². The van der Waals surface area contributed by atoms with Gasteiger partial charge in [-0.05, 0) is 18.2 Å². The van der Waals surface area contributed by atoms with E-state index < -0.39 is 0 Å². The number of rotatable bonds is 5. The van der Waals surface area contributed by atoms with Crippen molar-refractivity contribution >= 4 is 38.8 Å². The molecule has 0 amide bonds. The van der Waals surface area contributed by atoms with Crippen LogP contribution in [0.4, 0.5) is 5.69 Å². The molecule has 3 N–H and O–H groups in total. The van der Waals surface area contributed by atoms with Crippen LogP contribution in [0, 0.1) is 0 Å². The van der Waals surface area contributed by atoms with Crippen molar-refractivity contribution in [2.24, 2.45) is 12.8 Å². The third-order valence-electron chi connectivity index (χ3n) is 2.83. The van der Waals surface area contributed by atoms with Crippen molar-refractivity contribution in [1.82, 2.24) is 9.55 Å². The molecular formula is C13H15BrN4S. The van der Waals surface area contributed by atoms with Gasteiger partial charge in [0, 0.05) is 48.1 Å². The molecule has 0 fully saturated rings. The molecule has 0 unspecified atom stereocenters. The lowest BCUT2D eigenvalue weighted by Crippen LogP contribution is -2.15. The molecule has 0 aliphatic rings. The average molecular weight is 339 g/mol. The highest BCUT2D eigenvalue weighted by Gasteiger charge is 2.06.